The van der Waals surface area contributed by atoms with E-state index in [1.54, 1.807) is 0 Å². The number of thiol groups is 1. The van der Waals surface area contributed by atoms with Crippen molar-refractivity contribution in [1.29, 1.82) is 0 Å². The van der Waals surface area contributed by atoms with Gasteiger partial charge in [0.1, 0.15) is 11.4 Å². The van der Waals surface area contributed by atoms with Crippen molar-refractivity contribution in [3.8, 4) is 0 Å². The Bertz CT molecular complexity index is 925. The maximum Gasteiger partial charge on any atom is 0.433 e. The van der Waals surface area contributed by atoms with Crippen LogP contribution in [-0.2, 0) is 11.8 Å². The summed E-state index contributed by atoms with van der Waals surface area (Å²) in [5, 5.41) is 12.9. The first kappa shape index (κ1) is 22.7. The molecule has 4 N–H and O–H groups in total. The predicted octanol–water partition coefficient (Wildman–Crippen LogP) is 3.51. The molecule has 6 nitrogen and oxygen atoms in total. The summed E-state index contributed by atoms with van der Waals surface area (Å²) in [6.45, 7) is 3.44. The summed E-state index contributed by atoms with van der Waals surface area (Å²) in [5.74, 6) is -0.326. The van der Waals surface area contributed by atoms with Crippen LogP contribution in [0.2, 0.25) is 0 Å². The number of anilines is 2. The fourth-order valence-electron chi connectivity index (χ4n) is 2.48. The van der Waals surface area contributed by atoms with Crippen molar-refractivity contribution in [2.24, 2.45) is 4.99 Å². The average molecular weight is 426 g/mol. The summed E-state index contributed by atoms with van der Waals surface area (Å²) < 4.78 is 38.6. The molecule has 10 heteroatoms. The molecule has 0 aliphatic rings. The zero-order chi connectivity index (χ0) is 21.8. The van der Waals surface area contributed by atoms with Crippen molar-refractivity contribution < 1.29 is 23.1 Å². The zero-order valence-corrected chi connectivity index (χ0v) is 16.7. The Hall–Kier alpha value is -2.59. The van der Waals surface area contributed by atoms with E-state index in [4.69, 9.17) is 5.73 Å². The minimum atomic E-state index is -4.67. The topological polar surface area (TPSA) is 101 Å². The van der Waals surface area contributed by atoms with Crippen LogP contribution in [-0.4, -0.2) is 34.5 Å². The first-order valence-corrected chi connectivity index (χ1v) is 9.19. The van der Waals surface area contributed by atoms with E-state index in [1.807, 2.05) is 0 Å². The lowest BCUT2D eigenvalue weighted by Gasteiger charge is -2.23. The van der Waals surface area contributed by atoms with Crippen LogP contribution in [0.15, 0.2) is 35.3 Å². The number of aliphatic hydroxyl groups is 1. The third kappa shape index (κ3) is 5.94. The second-order valence-corrected chi connectivity index (χ2v) is 7.15. The van der Waals surface area contributed by atoms with Gasteiger partial charge in [0.25, 0.3) is 5.91 Å². The summed E-state index contributed by atoms with van der Waals surface area (Å²) in [6.07, 6.45) is -3.18. The van der Waals surface area contributed by atoms with Gasteiger partial charge in [-0.25, -0.2) is 4.98 Å². The SMILES string of the molecule is CC(C)(O)c1cc(N)c(C=NCCS)cc1NC(=O)c1cccc(C(F)(F)F)n1. The number of aliphatic imine (C=N–C) groups is 1. The van der Waals surface area contributed by atoms with Crippen LogP contribution in [0.4, 0.5) is 24.5 Å². The Morgan fingerprint density at radius 1 is 1.34 bits per heavy atom. The minimum absolute atomic E-state index is 0.184. The van der Waals surface area contributed by atoms with Crippen molar-refractivity contribution in [3.63, 3.8) is 0 Å². The summed E-state index contributed by atoms with van der Waals surface area (Å²) in [6, 6.07) is 6.02. The molecule has 0 unspecified atom stereocenters. The molecule has 2 aromatic rings. The Kier molecular flexibility index (Phi) is 6.91. The quantitative estimate of drug-likeness (QED) is 0.323. The van der Waals surface area contributed by atoms with Gasteiger partial charge in [-0.15, -0.1) is 0 Å². The standard InChI is InChI=1S/C19H21F3N4O2S/c1-18(2,28)12-9-13(23)11(10-24-6-7-29)8-15(12)26-17(27)14-4-3-5-16(25-14)19(20,21)22/h3-5,8-10,28-29H,6-7,23H2,1-2H3,(H,26,27). The Balaban J connectivity index is 2.44. The normalized spacial score (nSPS) is 12.4. The van der Waals surface area contributed by atoms with Crippen LogP contribution < -0.4 is 11.1 Å². The first-order valence-electron chi connectivity index (χ1n) is 8.56. The number of nitrogens with zero attached hydrogens (tertiary/aromatic N) is 2. The second kappa shape index (κ2) is 8.83. The summed E-state index contributed by atoms with van der Waals surface area (Å²) in [5.41, 5.74) is 4.32. The highest BCUT2D eigenvalue weighted by Gasteiger charge is 2.33. The highest BCUT2D eigenvalue weighted by Crippen LogP contribution is 2.32. The molecule has 0 bridgehead atoms. The van der Waals surface area contributed by atoms with E-state index in [2.05, 4.69) is 27.9 Å². The van der Waals surface area contributed by atoms with E-state index in [0.717, 1.165) is 12.1 Å². The molecule has 1 aromatic carbocycles. The highest BCUT2D eigenvalue weighted by atomic mass is 32.1. The van der Waals surface area contributed by atoms with Crippen LogP contribution in [0.5, 0.6) is 0 Å². The number of alkyl halides is 3. The Labute approximate surface area is 171 Å². The van der Waals surface area contributed by atoms with Gasteiger partial charge in [-0.3, -0.25) is 9.79 Å². The molecule has 0 saturated carbocycles. The Morgan fingerprint density at radius 3 is 2.62 bits per heavy atom. The molecule has 1 aromatic heterocycles. The number of rotatable bonds is 6. The molecule has 156 valence electrons. The number of hydrogen-bond donors (Lipinski definition) is 4. The van der Waals surface area contributed by atoms with E-state index in [1.165, 1.54) is 38.3 Å². The molecule has 1 heterocycles. The molecule has 0 atom stereocenters. The van der Waals surface area contributed by atoms with Gasteiger partial charge in [0.15, 0.2) is 0 Å². The summed E-state index contributed by atoms with van der Waals surface area (Å²) >= 11 is 4.06. The zero-order valence-electron chi connectivity index (χ0n) is 15.8. The number of nitrogens with one attached hydrogen (secondary N) is 1. The predicted molar refractivity (Wildman–Crippen MR) is 110 cm³/mol. The lowest BCUT2D eigenvalue weighted by Crippen LogP contribution is -2.23. The largest absolute Gasteiger partial charge is 0.433 e. The molecule has 0 aliphatic heterocycles. The average Bonchev–Trinajstić information content (AvgIpc) is 2.62. The van der Waals surface area contributed by atoms with E-state index < -0.39 is 29.1 Å². The van der Waals surface area contributed by atoms with Crippen LogP contribution >= 0.6 is 12.6 Å². The van der Waals surface area contributed by atoms with Gasteiger partial charge in [0.05, 0.1) is 5.60 Å². The monoisotopic (exact) mass is 426 g/mol. The maximum atomic E-state index is 12.9. The number of hydrogen-bond acceptors (Lipinski definition) is 6. The molecule has 0 aliphatic carbocycles. The lowest BCUT2D eigenvalue weighted by atomic mass is 9.94. The Morgan fingerprint density at radius 2 is 2.03 bits per heavy atom. The number of carbonyl (C=O) groups is 1. The van der Waals surface area contributed by atoms with Crippen molar-refractivity contribution in [2.45, 2.75) is 25.6 Å². The smallest absolute Gasteiger partial charge is 0.398 e. The number of nitrogen functional groups attached to an aromatic ring is 1. The van der Waals surface area contributed by atoms with Gasteiger partial charge in [0.2, 0.25) is 0 Å². The lowest BCUT2D eigenvalue weighted by molar-refractivity contribution is -0.141. The molecule has 29 heavy (non-hydrogen) atoms. The number of benzene rings is 1. The highest BCUT2D eigenvalue weighted by molar-refractivity contribution is 7.80. The van der Waals surface area contributed by atoms with E-state index in [9.17, 15) is 23.1 Å². The van der Waals surface area contributed by atoms with E-state index >= 15 is 0 Å². The molecule has 0 saturated heterocycles. The third-order valence-electron chi connectivity index (χ3n) is 3.86. The third-order valence-corrected chi connectivity index (χ3v) is 4.06. The van der Waals surface area contributed by atoms with Crippen molar-refractivity contribution >= 4 is 36.1 Å². The van der Waals surface area contributed by atoms with Crippen molar-refractivity contribution in [2.75, 3.05) is 23.3 Å². The second-order valence-electron chi connectivity index (χ2n) is 6.70. The molecule has 0 spiro atoms. The van der Waals surface area contributed by atoms with Gasteiger partial charge in [-0.1, -0.05) is 6.07 Å². The maximum absolute atomic E-state index is 12.9. The molecule has 0 fully saturated rings. The van der Waals surface area contributed by atoms with Gasteiger partial charge in [-0.2, -0.15) is 25.8 Å². The number of aromatic nitrogens is 1. The number of pyridine rings is 1. The van der Waals surface area contributed by atoms with Gasteiger partial charge in [0, 0.05) is 41.0 Å². The first-order chi connectivity index (χ1) is 13.4. The van der Waals surface area contributed by atoms with Crippen LogP contribution in [0.25, 0.3) is 0 Å². The minimum Gasteiger partial charge on any atom is -0.398 e. The van der Waals surface area contributed by atoms with Gasteiger partial charge < -0.3 is 16.2 Å². The number of halogens is 3. The fraction of sp³-hybridized carbons (Fsp3) is 0.316. The summed E-state index contributed by atoms with van der Waals surface area (Å²) in [7, 11) is 0. The molecular weight excluding hydrogens is 405 g/mol. The summed E-state index contributed by atoms with van der Waals surface area (Å²) in [4.78, 5) is 20.0. The number of nitrogens with two attached hydrogens (primary N) is 1. The number of amides is 1. The van der Waals surface area contributed by atoms with Crippen LogP contribution in [0, 0.1) is 0 Å². The van der Waals surface area contributed by atoms with Gasteiger partial charge in [-0.05, 0) is 38.1 Å². The molecule has 0 radical (unpaired) electrons. The van der Waals surface area contributed by atoms with E-state index in [-0.39, 0.29) is 5.69 Å². The van der Waals surface area contributed by atoms with Gasteiger partial charge >= 0.3 is 6.18 Å². The molecule has 1 amide bonds. The van der Waals surface area contributed by atoms with Crippen LogP contribution in [0.3, 0.4) is 0 Å². The molecular formula is C19H21F3N4O2S. The van der Waals surface area contributed by atoms with Crippen molar-refractivity contribution in [3.05, 3.63) is 52.8 Å². The molecule has 2 rings (SSSR count). The number of carbonyl (C=O) groups excluding carboxylic acids is 1. The van der Waals surface area contributed by atoms with E-state index in [0.29, 0.717) is 29.1 Å². The van der Waals surface area contributed by atoms with Crippen molar-refractivity contribution in [1.82, 2.24) is 4.98 Å². The fourth-order valence-corrected chi connectivity index (χ4v) is 2.60. The van der Waals surface area contributed by atoms with Crippen LogP contribution in [0.1, 0.15) is 41.2 Å².